The summed E-state index contributed by atoms with van der Waals surface area (Å²) in [5.74, 6) is -0.177. The number of para-hydroxylation sites is 1. The average Bonchev–Trinajstić information content (AvgIpc) is 3.30. The van der Waals surface area contributed by atoms with E-state index in [0.29, 0.717) is 6.54 Å². The fourth-order valence-corrected chi connectivity index (χ4v) is 3.52. The second kappa shape index (κ2) is 5.48. The molecule has 1 amide bonds. The number of halogens is 1. The largest absolute Gasteiger partial charge is 0.361 e. The molecule has 3 aromatic rings. The summed E-state index contributed by atoms with van der Waals surface area (Å²) in [5.41, 5.74) is 2.16. The molecule has 2 aromatic carbocycles. The highest BCUT2D eigenvalue weighted by Gasteiger charge is 2.54. The molecule has 0 saturated heterocycles. The van der Waals surface area contributed by atoms with Gasteiger partial charge >= 0.3 is 0 Å². The minimum atomic E-state index is -0.530. The second-order valence-electron chi connectivity index (χ2n) is 6.36. The van der Waals surface area contributed by atoms with E-state index < -0.39 is 5.41 Å². The molecule has 122 valence electrons. The lowest BCUT2D eigenvalue weighted by Gasteiger charge is -2.26. The number of aromatic amines is 1. The van der Waals surface area contributed by atoms with Crippen LogP contribution in [0.15, 0.2) is 54.7 Å². The lowest BCUT2D eigenvalue weighted by atomic mass is 9.93. The molecule has 1 heterocycles. The Bertz CT molecular complexity index is 896. The van der Waals surface area contributed by atoms with Crippen molar-refractivity contribution in [2.45, 2.75) is 25.2 Å². The number of amides is 1. The van der Waals surface area contributed by atoms with Crippen LogP contribution < -0.4 is 4.90 Å². The molecule has 0 radical (unpaired) electrons. The Balaban J connectivity index is 1.77. The molecule has 0 spiro atoms. The zero-order valence-corrected chi connectivity index (χ0v) is 13.6. The molecule has 0 atom stereocenters. The Hall–Kier alpha value is -2.62. The summed E-state index contributed by atoms with van der Waals surface area (Å²) in [4.78, 5) is 18.3. The highest BCUT2D eigenvalue weighted by molar-refractivity contribution is 6.06. The normalized spacial score (nSPS) is 15.4. The molecule has 1 aliphatic carbocycles. The molecule has 1 aliphatic rings. The van der Waals surface area contributed by atoms with E-state index in [1.807, 2.05) is 48.4 Å². The van der Waals surface area contributed by atoms with Crippen molar-refractivity contribution in [2.24, 2.45) is 0 Å². The lowest BCUT2D eigenvalue weighted by Crippen LogP contribution is -2.39. The Morgan fingerprint density at radius 3 is 2.62 bits per heavy atom. The van der Waals surface area contributed by atoms with Crippen LogP contribution >= 0.6 is 0 Å². The van der Waals surface area contributed by atoms with Crippen molar-refractivity contribution >= 4 is 22.5 Å². The molecule has 0 aliphatic heterocycles. The minimum absolute atomic E-state index is 0.0985. The van der Waals surface area contributed by atoms with Crippen LogP contribution in [0, 0.1) is 5.82 Å². The van der Waals surface area contributed by atoms with E-state index in [9.17, 15) is 9.18 Å². The number of rotatable bonds is 4. The number of carbonyl (C=O) groups excluding carboxylic acids is 1. The molecular formula is C20H19FN2O. The van der Waals surface area contributed by atoms with Gasteiger partial charge in [-0.2, -0.15) is 0 Å². The number of nitrogens with one attached hydrogen (secondary N) is 1. The highest BCUT2D eigenvalue weighted by Crippen LogP contribution is 2.52. The summed E-state index contributed by atoms with van der Waals surface area (Å²) < 4.78 is 13.7. The molecular weight excluding hydrogens is 303 g/mol. The Kier molecular flexibility index (Phi) is 3.41. The van der Waals surface area contributed by atoms with Gasteiger partial charge in [-0.25, -0.2) is 4.39 Å². The third-order valence-electron chi connectivity index (χ3n) is 4.95. The standard InChI is InChI=1S/C20H19FN2O/c1-2-23(15-6-4-3-5-7-15)19(24)20(10-11-20)17-13-22-18-9-8-14(21)12-16(17)18/h3-9,12-13,22H,2,10-11H2,1H3. The van der Waals surface area contributed by atoms with Crippen LogP contribution in [0.25, 0.3) is 10.9 Å². The summed E-state index contributed by atoms with van der Waals surface area (Å²) >= 11 is 0. The van der Waals surface area contributed by atoms with Crippen molar-refractivity contribution in [3.8, 4) is 0 Å². The Morgan fingerprint density at radius 2 is 1.96 bits per heavy atom. The number of fused-ring (bicyclic) bond motifs is 1. The van der Waals surface area contributed by atoms with Gasteiger partial charge in [0.15, 0.2) is 0 Å². The number of H-pyrrole nitrogens is 1. The summed E-state index contributed by atoms with van der Waals surface area (Å²) in [5, 5.41) is 0.810. The maximum atomic E-state index is 13.7. The topological polar surface area (TPSA) is 36.1 Å². The molecule has 1 saturated carbocycles. The Morgan fingerprint density at radius 1 is 1.21 bits per heavy atom. The maximum absolute atomic E-state index is 13.7. The van der Waals surface area contributed by atoms with Crippen LogP contribution in [0.1, 0.15) is 25.3 Å². The molecule has 1 fully saturated rings. The van der Waals surface area contributed by atoms with Crippen molar-refractivity contribution in [1.82, 2.24) is 4.98 Å². The van der Waals surface area contributed by atoms with Crippen molar-refractivity contribution in [3.63, 3.8) is 0 Å². The lowest BCUT2D eigenvalue weighted by molar-refractivity contribution is -0.120. The van der Waals surface area contributed by atoms with Crippen LogP contribution in [0.2, 0.25) is 0 Å². The van der Waals surface area contributed by atoms with Crippen LogP contribution in [0.3, 0.4) is 0 Å². The summed E-state index contributed by atoms with van der Waals surface area (Å²) in [6.45, 7) is 2.59. The first kappa shape index (κ1) is 14.9. The van der Waals surface area contributed by atoms with E-state index in [2.05, 4.69) is 4.98 Å². The maximum Gasteiger partial charge on any atom is 0.237 e. The minimum Gasteiger partial charge on any atom is -0.361 e. The van der Waals surface area contributed by atoms with Crippen molar-refractivity contribution in [1.29, 1.82) is 0 Å². The smallest absolute Gasteiger partial charge is 0.237 e. The molecule has 4 rings (SSSR count). The quantitative estimate of drug-likeness (QED) is 0.760. The summed E-state index contributed by atoms with van der Waals surface area (Å²) in [6, 6.07) is 14.4. The van der Waals surface area contributed by atoms with Gasteiger partial charge in [-0.05, 0) is 55.7 Å². The van der Waals surface area contributed by atoms with Crippen LogP contribution in [-0.4, -0.2) is 17.4 Å². The zero-order valence-electron chi connectivity index (χ0n) is 13.6. The van der Waals surface area contributed by atoms with Gasteiger partial charge in [-0.3, -0.25) is 4.79 Å². The predicted octanol–water partition coefficient (Wildman–Crippen LogP) is 4.39. The van der Waals surface area contributed by atoms with Crippen molar-refractivity contribution in [3.05, 3.63) is 66.1 Å². The molecule has 24 heavy (non-hydrogen) atoms. The fourth-order valence-electron chi connectivity index (χ4n) is 3.52. The number of hydrogen-bond acceptors (Lipinski definition) is 1. The van der Waals surface area contributed by atoms with Gasteiger partial charge in [-0.15, -0.1) is 0 Å². The third kappa shape index (κ3) is 2.21. The molecule has 3 nitrogen and oxygen atoms in total. The van der Waals surface area contributed by atoms with Gasteiger partial charge < -0.3 is 9.88 Å². The van der Waals surface area contributed by atoms with Gasteiger partial charge in [0.25, 0.3) is 0 Å². The molecule has 4 heteroatoms. The van der Waals surface area contributed by atoms with Gasteiger partial charge in [0.2, 0.25) is 5.91 Å². The van der Waals surface area contributed by atoms with Gasteiger partial charge in [0.1, 0.15) is 5.82 Å². The highest BCUT2D eigenvalue weighted by atomic mass is 19.1. The van der Waals surface area contributed by atoms with E-state index in [4.69, 9.17) is 0 Å². The van der Waals surface area contributed by atoms with E-state index in [-0.39, 0.29) is 11.7 Å². The predicted molar refractivity (Wildman–Crippen MR) is 93.6 cm³/mol. The van der Waals surface area contributed by atoms with E-state index in [1.54, 1.807) is 6.07 Å². The number of nitrogens with zero attached hydrogens (tertiary/aromatic N) is 1. The number of likely N-dealkylation sites (N-methyl/N-ethyl adjacent to an activating group) is 1. The Labute approximate surface area is 140 Å². The molecule has 0 bridgehead atoms. The second-order valence-corrected chi connectivity index (χ2v) is 6.36. The van der Waals surface area contributed by atoms with Crippen LogP contribution in [0.4, 0.5) is 10.1 Å². The first-order valence-electron chi connectivity index (χ1n) is 8.30. The van der Waals surface area contributed by atoms with Crippen molar-refractivity contribution in [2.75, 3.05) is 11.4 Å². The fraction of sp³-hybridized carbons (Fsp3) is 0.250. The van der Waals surface area contributed by atoms with E-state index in [0.717, 1.165) is 35.0 Å². The van der Waals surface area contributed by atoms with Crippen LogP contribution in [-0.2, 0) is 10.2 Å². The average molecular weight is 322 g/mol. The van der Waals surface area contributed by atoms with E-state index >= 15 is 0 Å². The summed E-state index contributed by atoms with van der Waals surface area (Å²) in [6.07, 6.45) is 3.48. The number of anilines is 1. The first-order chi connectivity index (χ1) is 11.7. The molecule has 0 unspecified atom stereocenters. The SMILES string of the molecule is CCN(C(=O)C1(c2c[nH]c3ccc(F)cc23)CC1)c1ccccc1. The molecule has 1 aromatic heterocycles. The molecule has 1 N–H and O–H groups in total. The van der Waals surface area contributed by atoms with E-state index in [1.165, 1.54) is 12.1 Å². The number of aromatic nitrogens is 1. The van der Waals surface area contributed by atoms with Gasteiger partial charge in [0, 0.05) is 29.3 Å². The number of benzene rings is 2. The first-order valence-corrected chi connectivity index (χ1v) is 8.30. The summed E-state index contributed by atoms with van der Waals surface area (Å²) in [7, 11) is 0. The number of carbonyl (C=O) groups is 1. The zero-order chi connectivity index (χ0) is 16.7. The number of hydrogen-bond donors (Lipinski definition) is 1. The third-order valence-corrected chi connectivity index (χ3v) is 4.95. The van der Waals surface area contributed by atoms with Gasteiger partial charge in [0.05, 0.1) is 5.41 Å². The van der Waals surface area contributed by atoms with Crippen molar-refractivity contribution < 1.29 is 9.18 Å². The van der Waals surface area contributed by atoms with Gasteiger partial charge in [-0.1, -0.05) is 18.2 Å². The monoisotopic (exact) mass is 322 g/mol. The van der Waals surface area contributed by atoms with Crippen LogP contribution in [0.5, 0.6) is 0 Å².